The number of hydrogen-bond donors (Lipinski definition) is 2. The van der Waals surface area contributed by atoms with Crippen molar-refractivity contribution in [1.29, 1.82) is 0 Å². The van der Waals surface area contributed by atoms with E-state index in [4.69, 9.17) is 5.11 Å². The van der Waals surface area contributed by atoms with Crippen molar-refractivity contribution in [3.63, 3.8) is 0 Å². The molecule has 0 aliphatic heterocycles. The number of urea groups is 1. The second kappa shape index (κ2) is 8.25. The molecular formula is C19H22N4O2S. The fraction of sp³-hybridized carbons (Fsp3) is 0.316. The number of rotatable bonds is 6. The van der Waals surface area contributed by atoms with Gasteiger partial charge in [0.2, 0.25) is 0 Å². The Labute approximate surface area is 156 Å². The van der Waals surface area contributed by atoms with Gasteiger partial charge in [-0.25, -0.2) is 14.8 Å². The summed E-state index contributed by atoms with van der Waals surface area (Å²) in [4.78, 5) is 24.6. The van der Waals surface area contributed by atoms with Crippen molar-refractivity contribution in [2.24, 2.45) is 0 Å². The first-order valence-corrected chi connectivity index (χ1v) is 9.39. The second-order valence-corrected chi connectivity index (χ2v) is 7.14. The van der Waals surface area contributed by atoms with E-state index in [0.717, 1.165) is 27.3 Å². The Balaban J connectivity index is 1.77. The number of fused-ring (bicyclic) bond motifs is 1. The molecule has 2 amide bonds. The Bertz CT molecular complexity index is 896. The zero-order valence-corrected chi connectivity index (χ0v) is 15.7. The molecule has 3 rings (SSSR count). The summed E-state index contributed by atoms with van der Waals surface area (Å²) in [5.74, 6) is 0. The molecule has 0 fully saturated rings. The van der Waals surface area contributed by atoms with Crippen LogP contribution in [-0.2, 0) is 6.54 Å². The van der Waals surface area contributed by atoms with Crippen molar-refractivity contribution < 1.29 is 9.90 Å². The van der Waals surface area contributed by atoms with Crippen LogP contribution in [0, 0.1) is 13.8 Å². The van der Waals surface area contributed by atoms with E-state index in [1.54, 1.807) is 16.2 Å². The van der Waals surface area contributed by atoms with Gasteiger partial charge in [0, 0.05) is 23.7 Å². The Morgan fingerprint density at radius 3 is 2.65 bits per heavy atom. The van der Waals surface area contributed by atoms with Crippen LogP contribution >= 0.6 is 11.3 Å². The molecule has 0 aliphatic rings. The minimum Gasteiger partial charge on any atom is -0.396 e. The summed E-state index contributed by atoms with van der Waals surface area (Å²) in [5, 5.41) is 14.0. The van der Waals surface area contributed by atoms with Gasteiger partial charge < -0.3 is 15.3 Å². The van der Waals surface area contributed by atoms with Crippen molar-refractivity contribution in [2.75, 3.05) is 18.5 Å². The van der Waals surface area contributed by atoms with Gasteiger partial charge in [-0.05, 0) is 49.9 Å². The van der Waals surface area contributed by atoms with Crippen LogP contribution < -0.4 is 5.32 Å². The summed E-state index contributed by atoms with van der Waals surface area (Å²) in [6.07, 6.45) is 0.542. The van der Waals surface area contributed by atoms with Gasteiger partial charge in [0.05, 0.1) is 29.0 Å². The van der Waals surface area contributed by atoms with Crippen LogP contribution in [0.4, 0.5) is 10.5 Å². The number of thiophene rings is 1. The van der Waals surface area contributed by atoms with E-state index in [1.807, 2.05) is 49.6 Å². The lowest BCUT2D eigenvalue weighted by molar-refractivity contribution is 0.199. The SMILES string of the molecule is Cc1nc2ccc(NC(=O)N(CCCO)Cc3cccs3)cc2nc1C. The molecule has 1 aromatic carbocycles. The molecule has 0 spiro atoms. The summed E-state index contributed by atoms with van der Waals surface area (Å²) in [5.41, 5.74) is 4.02. The summed E-state index contributed by atoms with van der Waals surface area (Å²) in [6.45, 7) is 4.92. The van der Waals surface area contributed by atoms with Crippen molar-refractivity contribution in [3.8, 4) is 0 Å². The highest BCUT2D eigenvalue weighted by molar-refractivity contribution is 7.09. The van der Waals surface area contributed by atoms with E-state index in [0.29, 0.717) is 25.2 Å². The number of carbonyl (C=O) groups excluding carboxylic acids is 1. The van der Waals surface area contributed by atoms with Gasteiger partial charge in [0.25, 0.3) is 0 Å². The number of aliphatic hydroxyl groups is 1. The van der Waals surface area contributed by atoms with Crippen LogP contribution in [0.1, 0.15) is 22.7 Å². The molecule has 2 N–H and O–H groups in total. The maximum atomic E-state index is 12.7. The third-order valence-electron chi connectivity index (χ3n) is 4.13. The van der Waals surface area contributed by atoms with E-state index in [1.165, 1.54) is 0 Å². The smallest absolute Gasteiger partial charge is 0.322 e. The number of nitrogens with one attached hydrogen (secondary N) is 1. The zero-order chi connectivity index (χ0) is 18.5. The zero-order valence-electron chi connectivity index (χ0n) is 14.9. The minimum atomic E-state index is -0.192. The van der Waals surface area contributed by atoms with E-state index >= 15 is 0 Å². The first kappa shape index (κ1) is 18.3. The fourth-order valence-corrected chi connectivity index (χ4v) is 3.34. The predicted octanol–water partition coefficient (Wildman–Crippen LogP) is 3.72. The normalized spacial score (nSPS) is 10.9. The summed E-state index contributed by atoms with van der Waals surface area (Å²) >= 11 is 1.61. The highest BCUT2D eigenvalue weighted by Crippen LogP contribution is 2.19. The Hall–Kier alpha value is -2.51. The van der Waals surface area contributed by atoms with E-state index in [9.17, 15) is 4.79 Å². The van der Waals surface area contributed by atoms with Crippen LogP contribution in [0.2, 0.25) is 0 Å². The van der Waals surface area contributed by atoms with Crippen LogP contribution in [0.5, 0.6) is 0 Å². The Morgan fingerprint density at radius 2 is 1.96 bits per heavy atom. The van der Waals surface area contributed by atoms with E-state index in [-0.39, 0.29) is 12.6 Å². The van der Waals surface area contributed by atoms with Gasteiger partial charge in [-0.2, -0.15) is 0 Å². The van der Waals surface area contributed by atoms with Gasteiger partial charge in [0.15, 0.2) is 0 Å². The number of nitrogens with zero attached hydrogens (tertiary/aromatic N) is 3. The molecule has 2 heterocycles. The molecular weight excluding hydrogens is 348 g/mol. The molecule has 136 valence electrons. The van der Waals surface area contributed by atoms with Crippen molar-refractivity contribution in [2.45, 2.75) is 26.8 Å². The molecule has 0 saturated carbocycles. The minimum absolute atomic E-state index is 0.0540. The van der Waals surface area contributed by atoms with Crippen LogP contribution in [0.25, 0.3) is 11.0 Å². The topological polar surface area (TPSA) is 78.4 Å². The van der Waals surface area contributed by atoms with Gasteiger partial charge in [0.1, 0.15) is 0 Å². The lowest BCUT2D eigenvalue weighted by atomic mass is 10.2. The van der Waals surface area contributed by atoms with Crippen LogP contribution in [-0.4, -0.2) is 39.2 Å². The number of aryl methyl sites for hydroxylation is 2. The van der Waals surface area contributed by atoms with Crippen LogP contribution in [0.3, 0.4) is 0 Å². The summed E-state index contributed by atoms with van der Waals surface area (Å²) in [7, 11) is 0. The monoisotopic (exact) mass is 370 g/mol. The van der Waals surface area contributed by atoms with Crippen LogP contribution in [0.15, 0.2) is 35.7 Å². The van der Waals surface area contributed by atoms with Gasteiger partial charge in [-0.1, -0.05) is 6.07 Å². The molecule has 26 heavy (non-hydrogen) atoms. The first-order chi connectivity index (χ1) is 12.6. The lowest BCUT2D eigenvalue weighted by Crippen LogP contribution is -2.35. The molecule has 6 nitrogen and oxygen atoms in total. The number of carbonyl (C=O) groups is 1. The largest absolute Gasteiger partial charge is 0.396 e. The number of hydrogen-bond acceptors (Lipinski definition) is 5. The standard InChI is InChI=1S/C19H22N4O2S/c1-13-14(2)21-18-11-15(6-7-17(18)20-13)22-19(25)23(8-4-9-24)12-16-5-3-10-26-16/h3,5-7,10-11,24H,4,8-9,12H2,1-2H3,(H,22,25). The first-order valence-electron chi connectivity index (χ1n) is 8.51. The third-order valence-corrected chi connectivity index (χ3v) is 4.99. The summed E-state index contributed by atoms with van der Waals surface area (Å²) < 4.78 is 0. The quantitative estimate of drug-likeness (QED) is 0.693. The Kier molecular flexibility index (Phi) is 5.80. The van der Waals surface area contributed by atoms with Crippen molar-refractivity contribution in [1.82, 2.24) is 14.9 Å². The molecule has 3 aromatic rings. The van der Waals surface area contributed by atoms with Crippen molar-refractivity contribution >= 4 is 34.1 Å². The Morgan fingerprint density at radius 1 is 1.19 bits per heavy atom. The number of anilines is 1. The van der Waals surface area contributed by atoms with E-state index in [2.05, 4.69) is 15.3 Å². The van der Waals surface area contributed by atoms with Gasteiger partial charge in [-0.15, -0.1) is 11.3 Å². The number of aliphatic hydroxyl groups excluding tert-OH is 1. The molecule has 7 heteroatoms. The molecule has 0 saturated heterocycles. The van der Waals surface area contributed by atoms with Gasteiger partial charge in [-0.3, -0.25) is 0 Å². The highest BCUT2D eigenvalue weighted by Gasteiger charge is 2.15. The predicted molar refractivity (Wildman–Crippen MR) is 104 cm³/mol. The average Bonchev–Trinajstić information content (AvgIpc) is 3.13. The third kappa shape index (κ3) is 4.36. The number of amides is 2. The molecule has 0 bridgehead atoms. The molecule has 0 unspecified atom stereocenters. The maximum Gasteiger partial charge on any atom is 0.322 e. The lowest BCUT2D eigenvalue weighted by Gasteiger charge is -2.22. The molecule has 0 radical (unpaired) electrons. The van der Waals surface area contributed by atoms with Gasteiger partial charge >= 0.3 is 6.03 Å². The second-order valence-electron chi connectivity index (χ2n) is 6.11. The highest BCUT2D eigenvalue weighted by atomic mass is 32.1. The molecule has 2 aromatic heterocycles. The maximum absolute atomic E-state index is 12.7. The molecule has 0 atom stereocenters. The average molecular weight is 370 g/mol. The van der Waals surface area contributed by atoms with E-state index < -0.39 is 0 Å². The molecule has 0 aliphatic carbocycles. The number of benzene rings is 1. The number of aromatic nitrogens is 2. The fourth-order valence-electron chi connectivity index (χ4n) is 2.62. The summed E-state index contributed by atoms with van der Waals surface area (Å²) in [6, 6.07) is 9.31. The van der Waals surface area contributed by atoms with Crippen molar-refractivity contribution in [3.05, 3.63) is 52.0 Å².